The topological polar surface area (TPSA) is 75.4 Å². The van der Waals surface area contributed by atoms with Crippen LogP contribution in [0.25, 0.3) is 0 Å². The number of aryl methyl sites for hydroxylation is 1. The van der Waals surface area contributed by atoms with Crippen molar-refractivity contribution in [3.8, 4) is 0 Å². The number of anilines is 1. The summed E-state index contributed by atoms with van der Waals surface area (Å²) in [4.78, 5) is 2.62. The summed E-state index contributed by atoms with van der Waals surface area (Å²) < 4.78 is 27.1. The normalized spacial score (nSPS) is 17.6. The average molecular weight is 311 g/mol. The summed E-state index contributed by atoms with van der Waals surface area (Å²) in [6, 6.07) is 4.80. The fourth-order valence-corrected chi connectivity index (χ4v) is 3.70. The van der Waals surface area contributed by atoms with E-state index in [0.717, 1.165) is 25.2 Å². The van der Waals surface area contributed by atoms with Gasteiger partial charge in [-0.2, -0.15) is 0 Å². The smallest absolute Gasteiger partial charge is 0.240 e. The summed E-state index contributed by atoms with van der Waals surface area (Å²) in [5.41, 5.74) is 7.12. The maximum absolute atomic E-state index is 12.2. The van der Waals surface area contributed by atoms with E-state index in [1.165, 1.54) is 25.7 Å². The summed E-state index contributed by atoms with van der Waals surface area (Å²) in [5, 5.41) is 0. The SMILES string of the molecule is Cc1cc(S(=O)(=O)NCCN2CCCCCC2)ccc1N. The third kappa shape index (κ3) is 4.69. The molecule has 21 heavy (non-hydrogen) atoms. The number of hydrogen-bond acceptors (Lipinski definition) is 4. The van der Waals surface area contributed by atoms with Crippen molar-refractivity contribution >= 4 is 15.7 Å². The fourth-order valence-electron chi connectivity index (χ4n) is 2.60. The van der Waals surface area contributed by atoms with E-state index < -0.39 is 10.0 Å². The summed E-state index contributed by atoms with van der Waals surface area (Å²) in [6.07, 6.45) is 4.99. The molecule has 118 valence electrons. The molecule has 3 N–H and O–H groups in total. The molecule has 1 saturated heterocycles. The van der Waals surface area contributed by atoms with Crippen LogP contribution in [-0.4, -0.2) is 39.5 Å². The highest BCUT2D eigenvalue weighted by Crippen LogP contribution is 2.16. The van der Waals surface area contributed by atoms with Crippen molar-refractivity contribution in [2.45, 2.75) is 37.5 Å². The lowest BCUT2D eigenvalue weighted by Crippen LogP contribution is -2.35. The Morgan fingerprint density at radius 1 is 1.19 bits per heavy atom. The zero-order valence-electron chi connectivity index (χ0n) is 12.6. The minimum Gasteiger partial charge on any atom is -0.399 e. The molecule has 0 aliphatic carbocycles. The molecule has 1 fully saturated rings. The van der Waals surface area contributed by atoms with Gasteiger partial charge < -0.3 is 10.6 Å². The Morgan fingerprint density at radius 3 is 2.48 bits per heavy atom. The Kier molecular flexibility index (Phi) is 5.61. The van der Waals surface area contributed by atoms with Gasteiger partial charge >= 0.3 is 0 Å². The molecule has 0 aromatic heterocycles. The lowest BCUT2D eigenvalue weighted by Gasteiger charge is -2.19. The number of likely N-dealkylation sites (tertiary alicyclic amines) is 1. The third-order valence-electron chi connectivity index (χ3n) is 3.97. The largest absolute Gasteiger partial charge is 0.399 e. The van der Waals surface area contributed by atoms with Gasteiger partial charge in [0.05, 0.1) is 4.90 Å². The van der Waals surface area contributed by atoms with Gasteiger partial charge in [-0.3, -0.25) is 0 Å². The average Bonchev–Trinajstić information content (AvgIpc) is 2.70. The van der Waals surface area contributed by atoms with Crippen molar-refractivity contribution in [2.75, 3.05) is 31.9 Å². The standard InChI is InChI=1S/C15H25N3O2S/c1-13-12-14(6-7-15(13)16)21(19,20)17-8-11-18-9-4-2-3-5-10-18/h6-7,12,17H,2-5,8-11,16H2,1H3. The minimum absolute atomic E-state index is 0.282. The molecule has 0 saturated carbocycles. The van der Waals surface area contributed by atoms with Crippen LogP contribution in [0.4, 0.5) is 5.69 Å². The predicted molar refractivity (Wildman–Crippen MR) is 85.7 cm³/mol. The molecule has 2 rings (SSSR count). The van der Waals surface area contributed by atoms with Crippen LogP contribution in [0.5, 0.6) is 0 Å². The number of nitrogen functional groups attached to an aromatic ring is 1. The van der Waals surface area contributed by atoms with Gasteiger partial charge in [0.2, 0.25) is 10.0 Å². The van der Waals surface area contributed by atoms with Gasteiger partial charge in [0.1, 0.15) is 0 Å². The van der Waals surface area contributed by atoms with Gasteiger partial charge in [0.15, 0.2) is 0 Å². The second-order valence-corrected chi connectivity index (χ2v) is 7.44. The molecule has 1 heterocycles. The van der Waals surface area contributed by atoms with E-state index in [1.807, 2.05) is 6.92 Å². The molecule has 0 bridgehead atoms. The van der Waals surface area contributed by atoms with Gasteiger partial charge in [-0.25, -0.2) is 13.1 Å². The first kappa shape index (κ1) is 16.3. The highest BCUT2D eigenvalue weighted by Gasteiger charge is 2.15. The van der Waals surface area contributed by atoms with Crippen molar-refractivity contribution in [3.05, 3.63) is 23.8 Å². The Morgan fingerprint density at radius 2 is 1.86 bits per heavy atom. The Balaban J connectivity index is 1.90. The van der Waals surface area contributed by atoms with Crippen LogP contribution >= 0.6 is 0 Å². The molecular formula is C15H25N3O2S. The maximum atomic E-state index is 12.2. The van der Waals surface area contributed by atoms with Crippen LogP contribution in [0.2, 0.25) is 0 Å². The van der Waals surface area contributed by atoms with E-state index >= 15 is 0 Å². The number of nitrogens with zero attached hydrogens (tertiary/aromatic N) is 1. The number of sulfonamides is 1. The number of hydrogen-bond donors (Lipinski definition) is 2. The monoisotopic (exact) mass is 311 g/mol. The summed E-state index contributed by atoms with van der Waals surface area (Å²) in [5.74, 6) is 0. The van der Waals surface area contributed by atoms with Crippen molar-refractivity contribution < 1.29 is 8.42 Å². The molecule has 5 nitrogen and oxygen atoms in total. The molecule has 0 amide bonds. The summed E-state index contributed by atoms with van der Waals surface area (Å²) >= 11 is 0. The van der Waals surface area contributed by atoms with Crippen molar-refractivity contribution in [3.63, 3.8) is 0 Å². The minimum atomic E-state index is -3.44. The van der Waals surface area contributed by atoms with Crippen LogP contribution < -0.4 is 10.5 Å². The van der Waals surface area contributed by atoms with Crippen LogP contribution in [-0.2, 0) is 10.0 Å². The highest BCUT2D eigenvalue weighted by molar-refractivity contribution is 7.89. The molecule has 0 radical (unpaired) electrons. The van der Waals surface area contributed by atoms with Crippen LogP contribution in [0.15, 0.2) is 23.1 Å². The highest BCUT2D eigenvalue weighted by atomic mass is 32.2. The van der Waals surface area contributed by atoms with E-state index in [9.17, 15) is 8.42 Å². The second-order valence-electron chi connectivity index (χ2n) is 5.67. The lowest BCUT2D eigenvalue weighted by atomic mass is 10.2. The first-order valence-electron chi connectivity index (χ1n) is 7.57. The van der Waals surface area contributed by atoms with E-state index in [-0.39, 0.29) is 4.90 Å². The molecule has 1 aliphatic heterocycles. The molecule has 6 heteroatoms. The van der Waals surface area contributed by atoms with E-state index in [4.69, 9.17) is 5.73 Å². The Bertz CT molecular complexity index is 564. The van der Waals surface area contributed by atoms with Crippen LogP contribution in [0.3, 0.4) is 0 Å². The Hall–Kier alpha value is -1.11. The number of benzene rings is 1. The number of nitrogens with one attached hydrogen (secondary N) is 1. The van der Waals surface area contributed by atoms with Gasteiger partial charge in [-0.15, -0.1) is 0 Å². The zero-order valence-corrected chi connectivity index (χ0v) is 13.5. The third-order valence-corrected chi connectivity index (χ3v) is 5.43. The van der Waals surface area contributed by atoms with Gasteiger partial charge in [-0.1, -0.05) is 12.8 Å². The van der Waals surface area contributed by atoms with Crippen LogP contribution in [0, 0.1) is 6.92 Å². The lowest BCUT2D eigenvalue weighted by molar-refractivity contribution is 0.290. The summed E-state index contributed by atoms with van der Waals surface area (Å²) in [6.45, 7) is 5.18. The van der Waals surface area contributed by atoms with E-state index in [1.54, 1.807) is 18.2 Å². The molecule has 0 atom stereocenters. The number of rotatable bonds is 5. The number of nitrogens with two attached hydrogens (primary N) is 1. The second kappa shape index (κ2) is 7.24. The maximum Gasteiger partial charge on any atom is 0.240 e. The molecule has 0 spiro atoms. The fraction of sp³-hybridized carbons (Fsp3) is 0.600. The van der Waals surface area contributed by atoms with Gasteiger partial charge in [-0.05, 0) is 56.6 Å². The quantitative estimate of drug-likeness (QED) is 0.812. The predicted octanol–water partition coefficient (Wildman–Crippen LogP) is 1.73. The van der Waals surface area contributed by atoms with Crippen molar-refractivity contribution in [1.82, 2.24) is 9.62 Å². The van der Waals surface area contributed by atoms with Gasteiger partial charge in [0, 0.05) is 18.8 Å². The van der Waals surface area contributed by atoms with Crippen molar-refractivity contribution in [2.24, 2.45) is 0 Å². The first-order valence-corrected chi connectivity index (χ1v) is 9.05. The molecule has 1 aliphatic rings. The molecule has 0 unspecified atom stereocenters. The molecule has 1 aromatic rings. The van der Waals surface area contributed by atoms with Crippen LogP contribution in [0.1, 0.15) is 31.2 Å². The molecule has 1 aromatic carbocycles. The van der Waals surface area contributed by atoms with E-state index in [2.05, 4.69) is 9.62 Å². The Labute approximate surface area is 127 Å². The van der Waals surface area contributed by atoms with E-state index in [0.29, 0.717) is 12.2 Å². The first-order chi connectivity index (χ1) is 9.99. The summed E-state index contributed by atoms with van der Waals surface area (Å²) in [7, 11) is -3.44. The van der Waals surface area contributed by atoms with Gasteiger partial charge in [0.25, 0.3) is 0 Å². The molecular weight excluding hydrogens is 286 g/mol. The zero-order chi connectivity index (χ0) is 15.3. The van der Waals surface area contributed by atoms with Crippen molar-refractivity contribution in [1.29, 1.82) is 0 Å².